The Morgan fingerprint density at radius 2 is 1.62 bits per heavy atom. The van der Waals surface area contributed by atoms with Crippen LogP contribution in [0.15, 0.2) is 42.6 Å². The van der Waals surface area contributed by atoms with Crippen molar-refractivity contribution in [2.45, 2.75) is 69.8 Å². The second kappa shape index (κ2) is 12.1. The highest BCUT2D eigenvalue weighted by Crippen LogP contribution is 2.39. The maximum absolute atomic E-state index is 11.8. The number of pyridine rings is 1. The number of esters is 1. The Hall–Kier alpha value is -2.84. The summed E-state index contributed by atoms with van der Waals surface area (Å²) in [5, 5.41) is 11.0. The van der Waals surface area contributed by atoms with Crippen LogP contribution in [0.5, 0.6) is 0 Å². The first-order chi connectivity index (χ1) is 19.2. The molecule has 2 saturated carbocycles. The molecule has 0 radical (unpaired) electrons. The van der Waals surface area contributed by atoms with Crippen LogP contribution in [0.2, 0.25) is 0 Å². The van der Waals surface area contributed by atoms with Crippen LogP contribution in [-0.4, -0.2) is 54.1 Å². The van der Waals surface area contributed by atoms with Crippen molar-refractivity contribution >= 4 is 23.1 Å². The summed E-state index contributed by atoms with van der Waals surface area (Å²) in [5.41, 5.74) is 3.34. The number of carbonyl (C=O) groups is 1. The number of benzene rings is 1. The summed E-state index contributed by atoms with van der Waals surface area (Å²) in [6.07, 6.45) is 12.3. The van der Waals surface area contributed by atoms with E-state index in [1.165, 1.54) is 26.4 Å². The number of piperidine rings is 1. The Balaban J connectivity index is 1.02. The number of nitrogens with zero attached hydrogens (tertiary/aromatic N) is 4. The zero-order chi connectivity index (χ0) is 26.6. The average molecular weight is 547 g/mol. The molecule has 0 amide bonds. The van der Waals surface area contributed by atoms with Crippen molar-refractivity contribution in [1.29, 1.82) is 0 Å². The van der Waals surface area contributed by atoms with Gasteiger partial charge in [0.25, 0.3) is 0 Å². The van der Waals surface area contributed by atoms with E-state index in [9.17, 15) is 4.79 Å². The van der Waals surface area contributed by atoms with E-state index >= 15 is 0 Å². The molecular weight excluding hydrogens is 508 g/mol. The molecule has 0 unspecified atom stereocenters. The van der Waals surface area contributed by atoms with Crippen LogP contribution in [0, 0.1) is 11.8 Å². The lowest BCUT2D eigenvalue weighted by Gasteiger charge is -2.34. The second-order valence-electron chi connectivity index (χ2n) is 11.3. The zero-order valence-electron chi connectivity index (χ0n) is 22.8. The van der Waals surface area contributed by atoms with Crippen LogP contribution in [0.25, 0.3) is 21.7 Å². The van der Waals surface area contributed by atoms with Crippen molar-refractivity contribution in [2.75, 3.05) is 31.7 Å². The molecule has 8 heteroatoms. The van der Waals surface area contributed by atoms with Gasteiger partial charge in [-0.05, 0) is 75.0 Å². The molecular formula is C31H38N4O3S. The molecule has 0 N–H and O–H groups in total. The smallest absolute Gasteiger partial charge is 0.308 e. The summed E-state index contributed by atoms with van der Waals surface area (Å²) in [6, 6.07) is 12.8. The molecule has 1 aromatic carbocycles. The van der Waals surface area contributed by atoms with Crippen molar-refractivity contribution in [1.82, 2.24) is 15.2 Å². The van der Waals surface area contributed by atoms with Crippen molar-refractivity contribution in [2.24, 2.45) is 11.8 Å². The van der Waals surface area contributed by atoms with E-state index in [1.54, 1.807) is 11.3 Å². The number of hydrogen-bond acceptors (Lipinski definition) is 8. The summed E-state index contributed by atoms with van der Waals surface area (Å²) in [5.74, 6) is 2.19. The van der Waals surface area contributed by atoms with E-state index in [0.29, 0.717) is 12.0 Å². The zero-order valence-corrected chi connectivity index (χ0v) is 23.6. The van der Waals surface area contributed by atoms with Crippen LogP contribution >= 0.6 is 11.3 Å². The quantitative estimate of drug-likeness (QED) is 0.299. The Morgan fingerprint density at radius 3 is 2.26 bits per heavy atom. The van der Waals surface area contributed by atoms with Crippen LogP contribution in [-0.2, 0) is 14.3 Å². The first-order valence-electron chi connectivity index (χ1n) is 14.5. The Labute approximate surface area is 235 Å². The van der Waals surface area contributed by atoms with E-state index in [-0.39, 0.29) is 11.9 Å². The molecule has 3 fully saturated rings. The first kappa shape index (κ1) is 26.4. The Morgan fingerprint density at radius 1 is 0.897 bits per heavy atom. The summed E-state index contributed by atoms with van der Waals surface area (Å²) in [6.45, 7) is 2.97. The molecule has 2 aliphatic carbocycles. The van der Waals surface area contributed by atoms with Gasteiger partial charge in [0.15, 0.2) is 0 Å². The lowest BCUT2D eigenvalue weighted by Crippen LogP contribution is -2.38. The van der Waals surface area contributed by atoms with Crippen LogP contribution in [0.1, 0.15) is 68.7 Å². The highest BCUT2D eigenvalue weighted by Gasteiger charge is 2.29. The number of anilines is 1. The minimum absolute atomic E-state index is 0.0304. The summed E-state index contributed by atoms with van der Waals surface area (Å²) in [4.78, 5) is 19.0. The highest BCUT2D eigenvalue weighted by atomic mass is 32.1. The summed E-state index contributed by atoms with van der Waals surface area (Å²) in [7, 11) is 1.47. The Bertz CT molecular complexity index is 1230. The number of hydrogen-bond donors (Lipinski definition) is 0. The molecule has 7 nitrogen and oxygen atoms in total. The van der Waals surface area contributed by atoms with Gasteiger partial charge < -0.3 is 14.4 Å². The van der Waals surface area contributed by atoms with Gasteiger partial charge in [-0.25, -0.2) is 4.98 Å². The van der Waals surface area contributed by atoms with Crippen LogP contribution in [0.4, 0.5) is 5.82 Å². The average Bonchev–Trinajstić information content (AvgIpc) is 3.47. The predicted molar refractivity (Wildman–Crippen MR) is 154 cm³/mol. The van der Waals surface area contributed by atoms with Crippen LogP contribution < -0.4 is 4.90 Å². The topological polar surface area (TPSA) is 77.4 Å². The fourth-order valence-corrected chi connectivity index (χ4v) is 7.01. The SMILES string of the molecule is COC(=O)[C@H]1CC[C@H](c2nnc(-c3ccc(-c4ccc(N5CCC(OCC6CCC6)CC5)nc4)cc3)s2)CC1. The van der Waals surface area contributed by atoms with Gasteiger partial charge in [-0.2, -0.15) is 0 Å². The number of ether oxygens (including phenoxy) is 2. The second-order valence-corrected chi connectivity index (χ2v) is 12.3. The molecule has 1 saturated heterocycles. The van der Waals surface area contributed by atoms with Gasteiger partial charge >= 0.3 is 5.97 Å². The molecule has 39 heavy (non-hydrogen) atoms. The number of carbonyl (C=O) groups excluding carboxylic acids is 1. The molecule has 6 rings (SSSR count). The van der Waals surface area contributed by atoms with Gasteiger partial charge in [0.2, 0.25) is 0 Å². The van der Waals surface area contributed by atoms with Gasteiger partial charge in [-0.15, -0.1) is 10.2 Å². The van der Waals surface area contributed by atoms with Gasteiger partial charge in [-0.1, -0.05) is 42.0 Å². The fourth-order valence-electron chi connectivity index (χ4n) is 5.99. The van der Waals surface area contributed by atoms with E-state index in [0.717, 1.165) is 96.7 Å². The standard InChI is InChI=1S/C31H38N4O3S/c1-37-31(36)25-11-9-24(10-12-25)30-34-33-29(39-30)23-7-5-22(6-8-23)26-13-14-28(32-19-26)35-17-15-27(16-18-35)38-20-21-3-2-4-21/h5-8,13-14,19,21,24-25,27H,2-4,9-12,15-18,20H2,1H3/t24-,25-. The minimum atomic E-state index is -0.0826. The monoisotopic (exact) mass is 546 g/mol. The highest BCUT2D eigenvalue weighted by molar-refractivity contribution is 7.14. The minimum Gasteiger partial charge on any atom is -0.469 e. The molecule has 0 atom stereocenters. The maximum Gasteiger partial charge on any atom is 0.308 e. The largest absolute Gasteiger partial charge is 0.469 e. The molecule has 3 aromatic rings. The van der Waals surface area contributed by atoms with E-state index < -0.39 is 0 Å². The summed E-state index contributed by atoms with van der Waals surface area (Å²) < 4.78 is 11.1. The molecule has 0 spiro atoms. The molecule has 0 bridgehead atoms. The van der Waals surface area contributed by atoms with Gasteiger partial charge in [0, 0.05) is 42.9 Å². The van der Waals surface area contributed by atoms with Crippen molar-refractivity contribution in [3.05, 3.63) is 47.6 Å². The van der Waals surface area contributed by atoms with Crippen molar-refractivity contribution in [3.8, 4) is 21.7 Å². The number of rotatable bonds is 8. The van der Waals surface area contributed by atoms with Gasteiger partial charge in [-0.3, -0.25) is 4.79 Å². The molecule has 1 aliphatic heterocycles. The van der Waals surface area contributed by atoms with E-state index in [4.69, 9.17) is 14.5 Å². The van der Waals surface area contributed by atoms with Gasteiger partial charge in [0.05, 0.1) is 19.1 Å². The van der Waals surface area contributed by atoms with E-state index in [1.807, 2.05) is 6.20 Å². The lowest BCUT2D eigenvalue weighted by atomic mass is 9.82. The third-order valence-corrected chi connectivity index (χ3v) is 9.96. The predicted octanol–water partition coefficient (Wildman–Crippen LogP) is 6.50. The lowest BCUT2D eigenvalue weighted by molar-refractivity contribution is -0.146. The van der Waals surface area contributed by atoms with Gasteiger partial charge in [0.1, 0.15) is 15.8 Å². The van der Waals surface area contributed by atoms with Crippen molar-refractivity contribution < 1.29 is 14.3 Å². The number of aromatic nitrogens is 3. The summed E-state index contributed by atoms with van der Waals surface area (Å²) >= 11 is 1.67. The first-order valence-corrected chi connectivity index (χ1v) is 15.3. The number of methoxy groups -OCH3 is 1. The van der Waals surface area contributed by atoms with E-state index in [2.05, 4.69) is 51.5 Å². The van der Waals surface area contributed by atoms with Crippen LogP contribution in [0.3, 0.4) is 0 Å². The molecule has 206 valence electrons. The molecule has 3 aliphatic rings. The Kier molecular flexibility index (Phi) is 8.21. The molecule has 3 heterocycles. The third kappa shape index (κ3) is 6.17. The normalized spacial score (nSPS) is 22.4. The van der Waals surface area contributed by atoms with Crippen molar-refractivity contribution in [3.63, 3.8) is 0 Å². The fraction of sp³-hybridized carbons (Fsp3) is 0.548. The molecule has 2 aromatic heterocycles. The maximum atomic E-state index is 11.8. The third-order valence-electron chi connectivity index (χ3n) is 8.82.